The molecule has 3 N–H and O–H groups in total. The molecular formula is C12H18N6. The highest BCUT2D eigenvalue weighted by Gasteiger charge is 2.17. The van der Waals surface area contributed by atoms with Gasteiger partial charge in [0.2, 0.25) is 0 Å². The van der Waals surface area contributed by atoms with Gasteiger partial charge >= 0.3 is 0 Å². The molecule has 0 spiro atoms. The lowest BCUT2D eigenvalue weighted by Gasteiger charge is -2.15. The van der Waals surface area contributed by atoms with Crippen molar-refractivity contribution in [3.63, 3.8) is 0 Å². The number of aromatic nitrogens is 4. The number of aryl methyl sites for hydroxylation is 2. The first-order chi connectivity index (χ1) is 8.54. The van der Waals surface area contributed by atoms with E-state index < -0.39 is 0 Å². The molecule has 0 radical (unpaired) electrons. The highest BCUT2D eigenvalue weighted by atomic mass is 15.3. The van der Waals surface area contributed by atoms with Gasteiger partial charge < -0.3 is 5.43 Å². The van der Waals surface area contributed by atoms with Gasteiger partial charge in [-0.25, -0.2) is 20.5 Å². The molecule has 18 heavy (non-hydrogen) atoms. The van der Waals surface area contributed by atoms with Crippen molar-refractivity contribution in [2.45, 2.75) is 33.6 Å². The molecule has 0 aliphatic heterocycles. The minimum absolute atomic E-state index is 0.246. The maximum absolute atomic E-state index is 5.51. The molecule has 0 saturated heterocycles. The van der Waals surface area contributed by atoms with Crippen LogP contribution in [0.2, 0.25) is 0 Å². The van der Waals surface area contributed by atoms with Gasteiger partial charge in [0, 0.05) is 11.3 Å². The number of nitrogens with two attached hydrogens (primary N) is 1. The van der Waals surface area contributed by atoms with E-state index >= 15 is 0 Å². The molecule has 2 rings (SSSR count). The molecule has 6 heteroatoms. The van der Waals surface area contributed by atoms with Crippen molar-refractivity contribution in [3.8, 4) is 5.82 Å². The summed E-state index contributed by atoms with van der Waals surface area (Å²) in [6, 6.07) is 2.02. The van der Waals surface area contributed by atoms with Crippen LogP contribution in [0.25, 0.3) is 5.82 Å². The molecule has 2 heterocycles. The van der Waals surface area contributed by atoms with Crippen LogP contribution >= 0.6 is 0 Å². The Kier molecular flexibility index (Phi) is 3.29. The summed E-state index contributed by atoms with van der Waals surface area (Å²) in [6.45, 7) is 8.12. The van der Waals surface area contributed by atoms with Crippen molar-refractivity contribution in [2.24, 2.45) is 5.84 Å². The molecule has 96 valence electrons. The number of hydrogen-bond acceptors (Lipinski definition) is 5. The van der Waals surface area contributed by atoms with Gasteiger partial charge in [-0.2, -0.15) is 5.10 Å². The lowest BCUT2D eigenvalue weighted by Crippen LogP contribution is -2.16. The maximum Gasteiger partial charge on any atom is 0.162 e. The summed E-state index contributed by atoms with van der Waals surface area (Å²) in [6.07, 6.45) is 1.49. The summed E-state index contributed by atoms with van der Waals surface area (Å²) in [4.78, 5) is 8.50. The van der Waals surface area contributed by atoms with E-state index in [0.29, 0.717) is 5.82 Å². The van der Waals surface area contributed by atoms with Gasteiger partial charge in [0.25, 0.3) is 0 Å². The van der Waals surface area contributed by atoms with Crippen LogP contribution in [0.3, 0.4) is 0 Å². The second-order valence-corrected chi connectivity index (χ2v) is 4.60. The summed E-state index contributed by atoms with van der Waals surface area (Å²) in [5.41, 5.74) is 5.58. The molecule has 0 saturated carbocycles. The van der Waals surface area contributed by atoms with Gasteiger partial charge in [-0.1, -0.05) is 13.8 Å². The number of hydrazine groups is 1. The lowest BCUT2D eigenvalue weighted by molar-refractivity contribution is 0.753. The van der Waals surface area contributed by atoms with Crippen molar-refractivity contribution >= 4 is 5.82 Å². The first-order valence-electron chi connectivity index (χ1n) is 5.89. The molecule has 0 unspecified atom stereocenters. The number of anilines is 1. The zero-order valence-corrected chi connectivity index (χ0v) is 11.1. The van der Waals surface area contributed by atoms with Crippen molar-refractivity contribution in [1.29, 1.82) is 0 Å². The Labute approximate surface area is 106 Å². The quantitative estimate of drug-likeness (QED) is 0.636. The third-order valence-corrected chi connectivity index (χ3v) is 2.79. The van der Waals surface area contributed by atoms with E-state index in [0.717, 1.165) is 22.8 Å². The molecule has 2 aromatic rings. The monoisotopic (exact) mass is 246 g/mol. The third kappa shape index (κ3) is 2.06. The summed E-state index contributed by atoms with van der Waals surface area (Å²) in [7, 11) is 0. The number of nitrogen functional groups attached to an aromatic ring is 1. The molecule has 2 aromatic heterocycles. The van der Waals surface area contributed by atoms with Crippen LogP contribution in [0.1, 0.15) is 36.7 Å². The molecule has 0 amide bonds. The van der Waals surface area contributed by atoms with Crippen LogP contribution in [0.5, 0.6) is 0 Å². The Morgan fingerprint density at radius 2 is 2.00 bits per heavy atom. The minimum atomic E-state index is 0.246. The first kappa shape index (κ1) is 12.5. The van der Waals surface area contributed by atoms with Crippen molar-refractivity contribution in [1.82, 2.24) is 19.7 Å². The summed E-state index contributed by atoms with van der Waals surface area (Å²) < 4.78 is 1.83. The van der Waals surface area contributed by atoms with E-state index in [1.54, 1.807) is 0 Å². The topological polar surface area (TPSA) is 81.7 Å². The Hall–Kier alpha value is -1.95. The molecule has 0 atom stereocenters. The maximum atomic E-state index is 5.51. The van der Waals surface area contributed by atoms with Gasteiger partial charge in [0.05, 0.1) is 5.69 Å². The van der Waals surface area contributed by atoms with Gasteiger partial charge in [-0.3, -0.25) is 0 Å². The van der Waals surface area contributed by atoms with Crippen LogP contribution in [0, 0.1) is 13.8 Å². The van der Waals surface area contributed by atoms with Crippen molar-refractivity contribution in [2.75, 3.05) is 5.43 Å². The fourth-order valence-electron chi connectivity index (χ4n) is 2.05. The predicted octanol–water partition coefficient (Wildman–Crippen LogP) is 1.69. The predicted molar refractivity (Wildman–Crippen MR) is 70.5 cm³/mol. The molecular weight excluding hydrogens is 228 g/mol. The normalized spacial score (nSPS) is 11.0. The van der Waals surface area contributed by atoms with Crippen LogP contribution in [-0.4, -0.2) is 19.7 Å². The molecule has 0 aromatic carbocycles. The van der Waals surface area contributed by atoms with E-state index in [4.69, 9.17) is 5.84 Å². The van der Waals surface area contributed by atoms with Crippen LogP contribution in [0.15, 0.2) is 12.4 Å². The minimum Gasteiger partial charge on any atom is -0.308 e. The zero-order chi connectivity index (χ0) is 13.3. The van der Waals surface area contributed by atoms with E-state index in [9.17, 15) is 0 Å². The fourth-order valence-corrected chi connectivity index (χ4v) is 2.05. The van der Waals surface area contributed by atoms with Gasteiger partial charge in [0.15, 0.2) is 5.82 Å². The second kappa shape index (κ2) is 4.73. The zero-order valence-electron chi connectivity index (χ0n) is 11.1. The van der Waals surface area contributed by atoms with Gasteiger partial charge in [0.1, 0.15) is 12.1 Å². The van der Waals surface area contributed by atoms with E-state index in [-0.39, 0.29) is 5.92 Å². The number of hydrogen-bond donors (Lipinski definition) is 2. The third-order valence-electron chi connectivity index (χ3n) is 2.79. The summed E-state index contributed by atoms with van der Waals surface area (Å²) in [5, 5.41) is 4.46. The van der Waals surface area contributed by atoms with Gasteiger partial charge in [-0.15, -0.1) is 0 Å². The van der Waals surface area contributed by atoms with Crippen LogP contribution in [-0.2, 0) is 0 Å². The summed E-state index contributed by atoms with van der Waals surface area (Å²) >= 11 is 0. The number of nitrogens with zero attached hydrogens (tertiary/aromatic N) is 4. The van der Waals surface area contributed by atoms with E-state index in [1.165, 1.54) is 6.33 Å². The number of nitrogens with one attached hydrogen (secondary N) is 1. The molecule has 0 aliphatic rings. The van der Waals surface area contributed by atoms with E-state index in [2.05, 4.69) is 34.3 Å². The average Bonchev–Trinajstić information content (AvgIpc) is 2.67. The molecule has 6 nitrogen and oxygen atoms in total. The van der Waals surface area contributed by atoms with Crippen LogP contribution < -0.4 is 11.3 Å². The second-order valence-electron chi connectivity index (χ2n) is 4.60. The first-order valence-corrected chi connectivity index (χ1v) is 5.89. The largest absolute Gasteiger partial charge is 0.308 e. The SMILES string of the molecule is Cc1cc(C)n(-c2ncnc(NN)c2C(C)C)n1. The molecule has 0 bridgehead atoms. The molecule has 0 aliphatic carbocycles. The van der Waals surface area contributed by atoms with Gasteiger partial charge in [-0.05, 0) is 25.8 Å². The fraction of sp³-hybridized carbons (Fsp3) is 0.417. The van der Waals surface area contributed by atoms with E-state index in [1.807, 2.05) is 24.6 Å². The highest BCUT2D eigenvalue weighted by Crippen LogP contribution is 2.27. The Morgan fingerprint density at radius 3 is 2.50 bits per heavy atom. The highest BCUT2D eigenvalue weighted by molar-refractivity contribution is 5.53. The summed E-state index contributed by atoms with van der Waals surface area (Å²) in [5.74, 6) is 7.17. The smallest absolute Gasteiger partial charge is 0.162 e. The Morgan fingerprint density at radius 1 is 1.28 bits per heavy atom. The lowest BCUT2D eigenvalue weighted by atomic mass is 10.0. The van der Waals surface area contributed by atoms with Crippen molar-refractivity contribution < 1.29 is 0 Å². The Balaban J connectivity index is 2.67. The number of rotatable bonds is 3. The van der Waals surface area contributed by atoms with Crippen molar-refractivity contribution in [3.05, 3.63) is 29.3 Å². The van der Waals surface area contributed by atoms with Crippen LogP contribution in [0.4, 0.5) is 5.82 Å². The molecule has 0 fully saturated rings. The standard InChI is InChI=1S/C12H18N6/c1-7(2)10-11(16-13)14-6-15-12(10)18-9(4)5-8(3)17-18/h5-7H,13H2,1-4H3,(H,14,15,16). The average molecular weight is 246 g/mol. The Bertz CT molecular complexity index is 558.